The maximum absolute atomic E-state index is 11.4. The number of aromatic nitrogens is 1. The Labute approximate surface area is 145 Å². The Hall–Kier alpha value is -2.09. The molecule has 1 saturated heterocycles. The molecule has 0 spiro atoms. The third kappa shape index (κ3) is 3.69. The molecule has 2 atom stereocenters. The van der Waals surface area contributed by atoms with E-state index in [1.165, 1.54) is 6.20 Å². The van der Waals surface area contributed by atoms with E-state index in [-0.39, 0.29) is 22.3 Å². The normalized spacial score (nSPS) is 21.4. The van der Waals surface area contributed by atoms with Crippen LogP contribution in [-0.4, -0.2) is 34.7 Å². The number of hydrogen-bond acceptors (Lipinski definition) is 6. The minimum atomic E-state index is -0.849. The minimum absolute atomic E-state index is 0.164. The number of piperidine rings is 1. The van der Waals surface area contributed by atoms with Crippen molar-refractivity contribution in [2.24, 2.45) is 11.1 Å². The number of rotatable bonds is 3. The van der Waals surface area contributed by atoms with Crippen LogP contribution in [0.4, 0.5) is 16.2 Å². The second-order valence-electron chi connectivity index (χ2n) is 6.85. The number of halogens is 1. The van der Waals surface area contributed by atoms with E-state index in [0.717, 1.165) is 0 Å². The quantitative estimate of drug-likeness (QED) is 0.506. The van der Waals surface area contributed by atoms with E-state index >= 15 is 0 Å². The number of ether oxygens (including phenoxy) is 1. The van der Waals surface area contributed by atoms with Crippen LogP contribution in [0.5, 0.6) is 0 Å². The molecule has 1 aromatic rings. The van der Waals surface area contributed by atoms with Gasteiger partial charge in [-0.05, 0) is 24.3 Å². The van der Waals surface area contributed by atoms with E-state index < -0.39 is 17.1 Å². The van der Waals surface area contributed by atoms with Crippen LogP contribution in [0.3, 0.4) is 0 Å². The van der Waals surface area contributed by atoms with E-state index in [2.05, 4.69) is 4.98 Å². The van der Waals surface area contributed by atoms with Gasteiger partial charge in [0.25, 0.3) is 0 Å². The summed E-state index contributed by atoms with van der Waals surface area (Å²) in [7, 11) is 0. The Morgan fingerprint density at radius 3 is 2.75 bits per heavy atom. The minimum Gasteiger partial charge on any atom is -0.444 e. The predicted molar refractivity (Wildman–Crippen MR) is 90.2 cm³/mol. The molecule has 0 radical (unpaired) electrons. The third-order valence-electron chi connectivity index (χ3n) is 4.08. The Bertz CT molecular complexity index is 647. The van der Waals surface area contributed by atoms with Gasteiger partial charge in [0.1, 0.15) is 11.8 Å². The Balaban J connectivity index is 2.53. The number of carbonyl (C=O) groups is 1. The summed E-state index contributed by atoms with van der Waals surface area (Å²) in [6, 6.07) is 1.28. The van der Waals surface area contributed by atoms with Crippen LogP contribution in [0.15, 0.2) is 12.3 Å². The predicted octanol–water partition coefficient (Wildman–Crippen LogP) is 3.12. The zero-order valence-electron chi connectivity index (χ0n) is 13.9. The van der Waals surface area contributed by atoms with Crippen molar-refractivity contribution in [2.45, 2.75) is 45.8 Å². The maximum Gasteiger partial charge on any atom is 0.404 e. The lowest BCUT2D eigenvalue weighted by Crippen LogP contribution is -2.56. The maximum atomic E-state index is 11.4. The average molecular weight is 357 g/mol. The van der Waals surface area contributed by atoms with Crippen LogP contribution >= 0.6 is 11.6 Å². The van der Waals surface area contributed by atoms with Gasteiger partial charge in [-0.25, -0.2) is 9.78 Å². The molecule has 0 aromatic carbocycles. The molecule has 2 N–H and O–H groups in total. The molecule has 0 aliphatic carbocycles. The second-order valence-corrected chi connectivity index (χ2v) is 7.21. The highest BCUT2D eigenvalue weighted by atomic mass is 35.5. The summed E-state index contributed by atoms with van der Waals surface area (Å²) in [6.45, 7) is 6.55. The van der Waals surface area contributed by atoms with Gasteiger partial charge < -0.3 is 15.4 Å². The highest BCUT2D eigenvalue weighted by Crippen LogP contribution is 2.41. The van der Waals surface area contributed by atoms with Crippen molar-refractivity contribution in [2.75, 3.05) is 11.4 Å². The van der Waals surface area contributed by atoms with E-state index in [4.69, 9.17) is 22.1 Å². The smallest absolute Gasteiger partial charge is 0.404 e. The highest BCUT2D eigenvalue weighted by Gasteiger charge is 2.43. The number of amides is 1. The highest BCUT2D eigenvalue weighted by molar-refractivity contribution is 6.32. The van der Waals surface area contributed by atoms with Gasteiger partial charge in [0.05, 0.1) is 11.0 Å². The van der Waals surface area contributed by atoms with Gasteiger partial charge in [-0.15, -0.1) is 0 Å². The first-order valence-corrected chi connectivity index (χ1v) is 8.02. The van der Waals surface area contributed by atoms with Crippen molar-refractivity contribution in [3.8, 4) is 0 Å². The molecule has 1 aliphatic rings. The molecule has 1 aromatic heterocycles. The van der Waals surface area contributed by atoms with Crippen molar-refractivity contribution < 1.29 is 14.5 Å². The monoisotopic (exact) mass is 356 g/mol. The molecule has 1 amide bonds. The zero-order chi connectivity index (χ0) is 18.1. The molecule has 132 valence electrons. The lowest BCUT2D eigenvalue weighted by molar-refractivity contribution is -0.384. The molecule has 0 saturated carbocycles. The molecule has 2 unspecified atom stereocenters. The zero-order valence-corrected chi connectivity index (χ0v) is 14.6. The van der Waals surface area contributed by atoms with Gasteiger partial charge in [0.2, 0.25) is 5.15 Å². The van der Waals surface area contributed by atoms with Crippen molar-refractivity contribution in [3.63, 3.8) is 0 Å². The Morgan fingerprint density at radius 1 is 1.54 bits per heavy atom. The van der Waals surface area contributed by atoms with Gasteiger partial charge in [-0.2, -0.15) is 0 Å². The number of carbonyl (C=O) groups excluding carboxylic acids is 1. The molecule has 1 fully saturated rings. The first kappa shape index (κ1) is 18.3. The molecular weight excluding hydrogens is 336 g/mol. The SMILES string of the molecule is CC(C)(C)C1C(OC(N)=O)CCCN1c1ccnc(Cl)c1[N+](=O)[O-]. The molecule has 0 bridgehead atoms. The molecule has 24 heavy (non-hydrogen) atoms. The number of pyridine rings is 1. The van der Waals surface area contributed by atoms with Gasteiger partial charge >= 0.3 is 11.8 Å². The topological polar surface area (TPSA) is 112 Å². The lowest BCUT2D eigenvalue weighted by Gasteiger charge is -2.47. The lowest BCUT2D eigenvalue weighted by atomic mass is 9.78. The number of nitrogens with two attached hydrogens (primary N) is 1. The molecule has 1 aliphatic heterocycles. The summed E-state index contributed by atoms with van der Waals surface area (Å²) >= 11 is 5.94. The first-order chi connectivity index (χ1) is 11.1. The van der Waals surface area contributed by atoms with Crippen LogP contribution in [-0.2, 0) is 4.74 Å². The summed E-state index contributed by atoms with van der Waals surface area (Å²) in [4.78, 5) is 27.8. The fraction of sp³-hybridized carbons (Fsp3) is 0.600. The van der Waals surface area contributed by atoms with E-state index in [1.807, 2.05) is 25.7 Å². The standard InChI is InChI=1S/C15H21ClN4O4/c1-15(2,3)12-10(24-14(17)21)5-4-8-19(12)9-6-7-18-13(16)11(9)20(22)23/h6-7,10,12H,4-5,8H2,1-3H3,(H2,17,21). The van der Waals surface area contributed by atoms with Crippen LogP contribution in [0.25, 0.3) is 0 Å². The summed E-state index contributed by atoms with van der Waals surface area (Å²) in [6.07, 6.45) is 1.49. The summed E-state index contributed by atoms with van der Waals surface area (Å²) in [5.74, 6) is 0. The van der Waals surface area contributed by atoms with Gasteiger partial charge in [-0.3, -0.25) is 10.1 Å². The third-order valence-corrected chi connectivity index (χ3v) is 4.36. The molecule has 2 heterocycles. The van der Waals surface area contributed by atoms with Crippen LogP contribution in [0, 0.1) is 15.5 Å². The van der Waals surface area contributed by atoms with E-state index in [0.29, 0.717) is 25.1 Å². The van der Waals surface area contributed by atoms with E-state index in [9.17, 15) is 14.9 Å². The van der Waals surface area contributed by atoms with Crippen molar-refractivity contribution in [1.29, 1.82) is 0 Å². The number of primary amides is 1. The number of anilines is 1. The van der Waals surface area contributed by atoms with Crippen molar-refractivity contribution >= 4 is 29.1 Å². The molecular formula is C15H21ClN4O4. The second kappa shape index (κ2) is 6.80. The number of nitro groups is 1. The number of nitrogens with zero attached hydrogens (tertiary/aromatic N) is 3. The van der Waals surface area contributed by atoms with Gasteiger partial charge in [-0.1, -0.05) is 32.4 Å². The average Bonchev–Trinajstić information content (AvgIpc) is 2.44. The van der Waals surface area contributed by atoms with Crippen molar-refractivity contribution in [1.82, 2.24) is 4.98 Å². The van der Waals surface area contributed by atoms with Gasteiger partial charge in [0.15, 0.2) is 0 Å². The Morgan fingerprint density at radius 2 is 2.21 bits per heavy atom. The fourth-order valence-electron chi connectivity index (χ4n) is 3.35. The van der Waals surface area contributed by atoms with E-state index in [1.54, 1.807) is 6.07 Å². The summed E-state index contributed by atoms with van der Waals surface area (Å²) in [5, 5.41) is 11.3. The number of hydrogen-bond donors (Lipinski definition) is 1. The molecule has 8 nitrogen and oxygen atoms in total. The summed E-state index contributed by atoms with van der Waals surface area (Å²) < 4.78 is 5.29. The van der Waals surface area contributed by atoms with Crippen molar-refractivity contribution in [3.05, 3.63) is 27.5 Å². The fourth-order valence-corrected chi connectivity index (χ4v) is 3.57. The van der Waals surface area contributed by atoms with Crippen LogP contribution < -0.4 is 10.6 Å². The largest absolute Gasteiger partial charge is 0.444 e. The first-order valence-electron chi connectivity index (χ1n) is 7.64. The van der Waals surface area contributed by atoms with Gasteiger partial charge in [0, 0.05) is 12.7 Å². The molecule has 2 rings (SSSR count). The Kier molecular flexibility index (Phi) is 5.17. The van der Waals surface area contributed by atoms with Crippen LogP contribution in [0.1, 0.15) is 33.6 Å². The summed E-state index contributed by atoms with van der Waals surface area (Å²) in [5.41, 5.74) is 5.01. The molecule has 9 heteroatoms. The van der Waals surface area contributed by atoms with Crippen LogP contribution in [0.2, 0.25) is 5.15 Å².